The number of carbonyl (C=O) groups excluding carboxylic acids is 1. The second-order valence-electron chi connectivity index (χ2n) is 7.44. The quantitative estimate of drug-likeness (QED) is 0.436. The van der Waals surface area contributed by atoms with E-state index >= 15 is 0 Å². The van der Waals surface area contributed by atoms with Crippen molar-refractivity contribution in [1.82, 2.24) is 35.1 Å². The summed E-state index contributed by atoms with van der Waals surface area (Å²) in [4.78, 5) is 24.0. The van der Waals surface area contributed by atoms with Crippen LogP contribution in [0.15, 0.2) is 41.3 Å². The van der Waals surface area contributed by atoms with Crippen molar-refractivity contribution in [3.05, 3.63) is 52.8 Å². The molecule has 0 bridgehead atoms. The van der Waals surface area contributed by atoms with Gasteiger partial charge in [0.05, 0.1) is 23.3 Å². The van der Waals surface area contributed by atoms with Gasteiger partial charge >= 0.3 is 0 Å². The molecule has 0 spiro atoms. The highest BCUT2D eigenvalue weighted by Crippen LogP contribution is 2.29. The molecule has 0 saturated heterocycles. The molecule has 1 atom stereocenters. The standard InChI is InChI=1S/C21H23ClN8O2/c1-4-30-18-13(9-24-10-15(18)26-20(30)17-19(23)28-32-27-17)21(31)25-11-16(29(2)3)12-7-5-6-8-14(12)22/h5-10,16H,4,11H2,1-3H3,(H2,23,28)(H,25,31). The van der Waals surface area contributed by atoms with Gasteiger partial charge in [0.15, 0.2) is 17.3 Å². The lowest BCUT2D eigenvalue weighted by Gasteiger charge is -2.26. The summed E-state index contributed by atoms with van der Waals surface area (Å²) in [6.45, 7) is 2.83. The summed E-state index contributed by atoms with van der Waals surface area (Å²) >= 11 is 6.39. The van der Waals surface area contributed by atoms with E-state index in [-0.39, 0.29) is 17.8 Å². The molecular formula is C21H23ClN8O2. The summed E-state index contributed by atoms with van der Waals surface area (Å²) in [5.41, 5.74) is 8.70. The van der Waals surface area contributed by atoms with Crippen LogP contribution in [0.5, 0.6) is 0 Å². The number of imidazole rings is 1. The number of pyridine rings is 1. The number of nitrogens with zero attached hydrogens (tertiary/aromatic N) is 6. The predicted octanol–water partition coefficient (Wildman–Crippen LogP) is 2.77. The van der Waals surface area contributed by atoms with Crippen LogP contribution in [0.3, 0.4) is 0 Å². The number of aryl methyl sites for hydroxylation is 1. The van der Waals surface area contributed by atoms with Crippen molar-refractivity contribution in [1.29, 1.82) is 0 Å². The van der Waals surface area contributed by atoms with E-state index in [0.717, 1.165) is 5.56 Å². The van der Waals surface area contributed by atoms with Gasteiger partial charge in [-0.3, -0.25) is 9.78 Å². The third kappa shape index (κ3) is 3.90. The van der Waals surface area contributed by atoms with Crippen molar-refractivity contribution in [3.8, 4) is 11.5 Å². The first kappa shape index (κ1) is 21.7. The number of anilines is 1. The Morgan fingerprint density at radius 3 is 2.72 bits per heavy atom. The zero-order chi connectivity index (χ0) is 22.8. The molecule has 0 aliphatic carbocycles. The van der Waals surface area contributed by atoms with Gasteiger partial charge < -0.3 is 20.5 Å². The lowest BCUT2D eigenvalue weighted by Crippen LogP contribution is -2.35. The molecule has 0 saturated carbocycles. The van der Waals surface area contributed by atoms with E-state index in [2.05, 4.69) is 25.6 Å². The summed E-state index contributed by atoms with van der Waals surface area (Å²) < 4.78 is 6.57. The molecule has 11 heteroatoms. The molecule has 0 radical (unpaired) electrons. The third-order valence-corrected chi connectivity index (χ3v) is 5.62. The van der Waals surface area contributed by atoms with Crippen molar-refractivity contribution >= 4 is 34.4 Å². The minimum absolute atomic E-state index is 0.104. The van der Waals surface area contributed by atoms with Gasteiger partial charge in [0.1, 0.15) is 5.52 Å². The van der Waals surface area contributed by atoms with E-state index < -0.39 is 0 Å². The average molecular weight is 455 g/mol. The Kier molecular flexibility index (Phi) is 6.06. The number of rotatable bonds is 7. The molecule has 166 valence electrons. The summed E-state index contributed by atoms with van der Waals surface area (Å²) in [6.07, 6.45) is 3.12. The molecule has 3 N–H and O–H groups in total. The second kappa shape index (κ2) is 8.93. The Morgan fingerprint density at radius 1 is 1.28 bits per heavy atom. The van der Waals surface area contributed by atoms with E-state index in [4.69, 9.17) is 22.0 Å². The maximum absolute atomic E-state index is 13.2. The van der Waals surface area contributed by atoms with Gasteiger partial charge in [-0.15, -0.1) is 0 Å². The summed E-state index contributed by atoms with van der Waals surface area (Å²) in [5.74, 6) is 0.322. The number of fused-ring (bicyclic) bond motifs is 1. The lowest BCUT2D eigenvalue weighted by molar-refractivity contribution is 0.0943. The number of aromatic nitrogens is 5. The third-order valence-electron chi connectivity index (χ3n) is 5.28. The minimum atomic E-state index is -0.269. The molecule has 0 aliphatic heterocycles. The normalized spacial score (nSPS) is 12.4. The van der Waals surface area contributed by atoms with Crippen molar-refractivity contribution in [2.45, 2.75) is 19.5 Å². The first-order valence-electron chi connectivity index (χ1n) is 10.0. The number of benzene rings is 1. The SMILES string of the molecule is CCn1c(-c2nonc2N)nc2cncc(C(=O)NCC(c3ccccc3Cl)N(C)C)c21. The number of nitrogens with one attached hydrogen (secondary N) is 1. The van der Waals surface area contributed by atoms with Gasteiger partial charge in [-0.1, -0.05) is 29.8 Å². The van der Waals surface area contributed by atoms with Gasteiger partial charge in [0, 0.05) is 24.3 Å². The Labute approximate surface area is 189 Å². The van der Waals surface area contributed by atoms with Crippen molar-refractivity contribution < 1.29 is 9.42 Å². The monoisotopic (exact) mass is 454 g/mol. The van der Waals surface area contributed by atoms with E-state index in [1.54, 1.807) is 6.20 Å². The topological polar surface area (TPSA) is 128 Å². The van der Waals surface area contributed by atoms with Crippen LogP contribution in [0.4, 0.5) is 5.82 Å². The van der Waals surface area contributed by atoms with Gasteiger partial charge in [-0.2, -0.15) is 0 Å². The van der Waals surface area contributed by atoms with Crippen molar-refractivity contribution in [2.24, 2.45) is 0 Å². The zero-order valence-electron chi connectivity index (χ0n) is 17.9. The molecule has 32 heavy (non-hydrogen) atoms. The molecule has 4 aromatic rings. The van der Waals surface area contributed by atoms with Crippen LogP contribution in [0.1, 0.15) is 28.9 Å². The number of hydrogen-bond acceptors (Lipinski definition) is 8. The number of halogens is 1. The van der Waals surface area contributed by atoms with Crippen molar-refractivity contribution in [3.63, 3.8) is 0 Å². The van der Waals surface area contributed by atoms with E-state index in [9.17, 15) is 4.79 Å². The minimum Gasteiger partial charge on any atom is -0.379 e. The largest absolute Gasteiger partial charge is 0.379 e. The van der Waals surface area contributed by atoms with Gasteiger partial charge in [-0.05, 0) is 43.0 Å². The summed E-state index contributed by atoms with van der Waals surface area (Å²) in [7, 11) is 3.88. The van der Waals surface area contributed by atoms with Gasteiger partial charge in [0.25, 0.3) is 5.91 Å². The number of hydrogen-bond donors (Lipinski definition) is 2. The Morgan fingerprint density at radius 2 is 2.06 bits per heavy atom. The highest BCUT2D eigenvalue weighted by Gasteiger charge is 2.24. The smallest absolute Gasteiger partial charge is 0.255 e. The molecule has 10 nitrogen and oxygen atoms in total. The fourth-order valence-electron chi connectivity index (χ4n) is 3.69. The molecule has 4 rings (SSSR count). The van der Waals surface area contributed by atoms with Crippen LogP contribution in [0.25, 0.3) is 22.6 Å². The van der Waals surface area contributed by atoms with Crippen LogP contribution in [0, 0.1) is 0 Å². The average Bonchev–Trinajstić information content (AvgIpc) is 3.37. The number of carbonyl (C=O) groups is 1. The number of nitrogens with two attached hydrogens (primary N) is 1. The predicted molar refractivity (Wildman–Crippen MR) is 121 cm³/mol. The summed E-state index contributed by atoms with van der Waals surface area (Å²) in [5, 5.41) is 11.1. The molecule has 0 fully saturated rings. The maximum Gasteiger partial charge on any atom is 0.255 e. The Balaban J connectivity index is 1.67. The van der Waals surface area contributed by atoms with Crippen LogP contribution in [-0.2, 0) is 6.54 Å². The zero-order valence-corrected chi connectivity index (χ0v) is 18.7. The van der Waals surface area contributed by atoms with Crippen LogP contribution in [-0.4, -0.2) is 56.3 Å². The number of likely N-dealkylation sites (N-methyl/N-ethyl adjacent to an activating group) is 1. The lowest BCUT2D eigenvalue weighted by atomic mass is 10.1. The molecule has 0 aliphatic rings. The molecule has 3 aromatic heterocycles. The summed E-state index contributed by atoms with van der Waals surface area (Å²) in [6, 6.07) is 7.50. The molecule has 1 amide bonds. The Bertz CT molecular complexity index is 1270. The van der Waals surface area contributed by atoms with Gasteiger partial charge in [0.2, 0.25) is 0 Å². The highest BCUT2D eigenvalue weighted by molar-refractivity contribution is 6.31. The fraction of sp³-hybridized carbons (Fsp3) is 0.286. The maximum atomic E-state index is 13.2. The molecule has 1 unspecified atom stereocenters. The highest BCUT2D eigenvalue weighted by atomic mass is 35.5. The Hall–Kier alpha value is -3.50. The van der Waals surface area contributed by atoms with Crippen molar-refractivity contribution in [2.75, 3.05) is 26.4 Å². The molecular weight excluding hydrogens is 432 g/mol. The van der Waals surface area contributed by atoms with E-state index in [1.165, 1.54) is 6.20 Å². The second-order valence-corrected chi connectivity index (χ2v) is 7.85. The van der Waals surface area contributed by atoms with Gasteiger partial charge in [-0.25, -0.2) is 9.61 Å². The van der Waals surface area contributed by atoms with E-state index in [1.807, 2.05) is 54.8 Å². The molecule has 1 aromatic carbocycles. The van der Waals surface area contributed by atoms with Crippen LogP contribution < -0.4 is 11.1 Å². The van der Waals surface area contributed by atoms with Crippen LogP contribution in [0.2, 0.25) is 5.02 Å². The van der Waals surface area contributed by atoms with Crippen LogP contribution >= 0.6 is 11.6 Å². The fourth-order valence-corrected chi connectivity index (χ4v) is 3.96. The number of amides is 1. The van der Waals surface area contributed by atoms with E-state index in [0.29, 0.717) is 46.2 Å². The molecule has 3 heterocycles. The first-order valence-corrected chi connectivity index (χ1v) is 10.4. The first-order chi connectivity index (χ1) is 15.4. The number of nitrogen functional groups attached to an aromatic ring is 1.